The highest BCUT2D eigenvalue weighted by molar-refractivity contribution is 14.1. The lowest BCUT2D eigenvalue weighted by Crippen LogP contribution is -2.38. The summed E-state index contributed by atoms with van der Waals surface area (Å²) in [6.07, 6.45) is -2.25. The first kappa shape index (κ1) is 19.1. The van der Waals surface area contributed by atoms with Crippen LogP contribution in [0.5, 0.6) is 5.75 Å². The van der Waals surface area contributed by atoms with Gasteiger partial charge in [-0.05, 0) is 46.4 Å². The summed E-state index contributed by atoms with van der Waals surface area (Å²) in [5.74, 6) is -7.21. The molecular weight excluding hydrogens is 449 g/mol. The molecule has 0 saturated carbocycles. The van der Waals surface area contributed by atoms with E-state index in [9.17, 15) is 18.4 Å². The molecular formula is C17H13F2IO5. The van der Waals surface area contributed by atoms with Gasteiger partial charge in [-0.15, -0.1) is 0 Å². The molecule has 2 rings (SSSR count). The Hall–Kier alpha value is -2.23. The minimum absolute atomic E-state index is 0.00678. The highest BCUT2D eigenvalue weighted by Gasteiger charge is 2.51. The zero-order chi connectivity index (χ0) is 18.6. The molecule has 5 nitrogen and oxygen atoms in total. The zero-order valence-electron chi connectivity index (χ0n) is 12.9. The van der Waals surface area contributed by atoms with Gasteiger partial charge in [0.2, 0.25) is 6.10 Å². The number of rotatable bonds is 6. The Labute approximate surface area is 155 Å². The van der Waals surface area contributed by atoms with E-state index in [1.807, 2.05) is 22.6 Å². The monoisotopic (exact) mass is 462 g/mol. The predicted octanol–water partition coefficient (Wildman–Crippen LogP) is 3.92. The quantitative estimate of drug-likeness (QED) is 0.521. The van der Waals surface area contributed by atoms with Crippen molar-refractivity contribution in [3.05, 3.63) is 63.2 Å². The second kappa shape index (κ2) is 7.77. The van der Waals surface area contributed by atoms with Crippen molar-refractivity contribution in [2.45, 2.75) is 12.0 Å². The maximum atomic E-state index is 14.1. The number of alkyl halides is 2. The van der Waals surface area contributed by atoms with Crippen LogP contribution in [0.4, 0.5) is 8.78 Å². The molecule has 0 saturated heterocycles. The maximum Gasteiger partial charge on any atom is 0.382 e. The smallest absolute Gasteiger partial charge is 0.382 e. The molecule has 25 heavy (non-hydrogen) atoms. The van der Waals surface area contributed by atoms with Gasteiger partial charge in [0, 0.05) is 0 Å². The van der Waals surface area contributed by atoms with E-state index in [2.05, 4.69) is 0 Å². The number of hydrogen-bond acceptors (Lipinski definition) is 4. The largest absolute Gasteiger partial charge is 0.496 e. The molecule has 0 aliphatic carbocycles. The molecule has 2 aromatic carbocycles. The number of methoxy groups -OCH3 is 1. The summed E-state index contributed by atoms with van der Waals surface area (Å²) in [7, 11) is 1.45. The van der Waals surface area contributed by atoms with Crippen LogP contribution in [0, 0.1) is 3.57 Å². The lowest BCUT2D eigenvalue weighted by molar-refractivity contribution is -0.183. The van der Waals surface area contributed by atoms with Gasteiger partial charge in [-0.2, -0.15) is 8.78 Å². The van der Waals surface area contributed by atoms with Crippen LogP contribution in [0.3, 0.4) is 0 Å². The SMILES string of the molecule is COc1ccc(C(=O)OC(c2ccccc2)C(F)(F)C(=O)O)cc1I. The first-order valence-electron chi connectivity index (χ1n) is 6.98. The van der Waals surface area contributed by atoms with Crippen molar-refractivity contribution in [2.24, 2.45) is 0 Å². The Kier molecular flexibility index (Phi) is 5.93. The van der Waals surface area contributed by atoms with Crippen LogP contribution < -0.4 is 4.74 Å². The molecule has 8 heteroatoms. The number of carbonyl (C=O) groups excluding carboxylic acids is 1. The minimum atomic E-state index is -4.28. The van der Waals surface area contributed by atoms with Gasteiger partial charge in [0.15, 0.2) is 0 Å². The Bertz CT molecular complexity index is 780. The number of esters is 1. The van der Waals surface area contributed by atoms with Gasteiger partial charge in [-0.1, -0.05) is 30.3 Å². The summed E-state index contributed by atoms with van der Waals surface area (Å²) < 4.78 is 38.6. The van der Waals surface area contributed by atoms with Crippen LogP contribution in [0.15, 0.2) is 48.5 Å². The average Bonchev–Trinajstić information content (AvgIpc) is 2.59. The molecule has 0 bridgehead atoms. The van der Waals surface area contributed by atoms with Gasteiger partial charge in [0.1, 0.15) is 5.75 Å². The van der Waals surface area contributed by atoms with Crippen LogP contribution in [-0.4, -0.2) is 30.1 Å². The van der Waals surface area contributed by atoms with Crippen LogP contribution >= 0.6 is 22.6 Å². The van der Waals surface area contributed by atoms with Gasteiger partial charge >= 0.3 is 17.9 Å². The van der Waals surface area contributed by atoms with Crippen LogP contribution in [-0.2, 0) is 9.53 Å². The van der Waals surface area contributed by atoms with E-state index in [1.165, 1.54) is 49.6 Å². The van der Waals surface area contributed by atoms with Gasteiger partial charge in [-0.3, -0.25) is 0 Å². The fourth-order valence-corrected chi connectivity index (χ4v) is 2.80. The van der Waals surface area contributed by atoms with E-state index in [1.54, 1.807) is 6.07 Å². The number of carboxylic acid groups (broad SMARTS) is 1. The van der Waals surface area contributed by atoms with E-state index >= 15 is 0 Å². The number of ether oxygens (including phenoxy) is 2. The van der Waals surface area contributed by atoms with Crippen LogP contribution in [0.1, 0.15) is 22.0 Å². The highest BCUT2D eigenvalue weighted by atomic mass is 127. The lowest BCUT2D eigenvalue weighted by atomic mass is 10.0. The van der Waals surface area contributed by atoms with Crippen molar-refractivity contribution in [3.8, 4) is 5.75 Å². The summed E-state index contributed by atoms with van der Waals surface area (Å²) in [4.78, 5) is 23.2. The first-order chi connectivity index (χ1) is 11.8. The van der Waals surface area contributed by atoms with Crippen molar-refractivity contribution in [1.82, 2.24) is 0 Å². The molecule has 1 atom stereocenters. The van der Waals surface area contributed by atoms with E-state index in [0.717, 1.165) is 0 Å². The first-order valence-corrected chi connectivity index (χ1v) is 8.06. The molecule has 132 valence electrons. The lowest BCUT2D eigenvalue weighted by Gasteiger charge is -2.24. The summed E-state index contributed by atoms with van der Waals surface area (Å²) in [5.41, 5.74) is -0.112. The van der Waals surface area contributed by atoms with Crippen molar-refractivity contribution in [2.75, 3.05) is 7.11 Å². The second-order valence-electron chi connectivity index (χ2n) is 4.97. The Morgan fingerprint density at radius 3 is 2.32 bits per heavy atom. The molecule has 0 heterocycles. The maximum absolute atomic E-state index is 14.1. The van der Waals surface area contributed by atoms with E-state index in [-0.39, 0.29) is 11.1 Å². The summed E-state index contributed by atoms with van der Waals surface area (Å²) in [6, 6.07) is 11.3. The fourth-order valence-electron chi connectivity index (χ4n) is 2.06. The normalized spacial score (nSPS) is 12.3. The minimum Gasteiger partial charge on any atom is -0.496 e. The number of aliphatic carboxylic acids is 1. The molecule has 0 spiro atoms. The van der Waals surface area contributed by atoms with Crippen LogP contribution in [0.25, 0.3) is 0 Å². The molecule has 2 aromatic rings. The van der Waals surface area contributed by atoms with Crippen molar-refractivity contribution < 1.29 is 33.0 Å². The molecule has 1 unspecified atom stereocenters. The molecule has 1 N–H and O–H groups in total. The highest BCUT2D eigenvalue weighted by Crippen LogP contribution is 2.36. The Balaban J connectivity index is 2.35. The third kappa shape index (κ3) is 4.25. The number of benzene rings is 2. The fraction of sp³-hybridized carbons (Fsp3) is 0.176. The molecule has 0 fully saturated rings. The molecule has 0 aromatic heterocycles. The number of carbonyl (C=O) groups is 2. The summed E-state index contributed by atoms with van der Waals surface area (Å²) in [5, 5.41) is 8.81. The third-order valence-electron chi connectivity index (χ3n) is 3.33. The van der Waals surface area contributed by atoms with Crippen molar-refractivity contribution >= 4 is 34.5 Å². The van der Waals surface area contributed by atoms with E-state index < -0.39 is 24.0 Å². The third-order valence-corrected chi connectivity index (χ3v) is 4.17. The van der Waals surface area contributed by atoms with E-state index in [0.29, 0.717) is 9.32 Å². The van der Waals surface area contributed by atoms with Gasteiger partial charge in [0.05, 0.1) is 16.2 Å². The van der Waals surface area contributed by atoms with Crippen molar-refractivity contribution in [1.29, 1.82) is 0 Å². The zero-order valence-corrected chi connectivity index (χ0v) is 15.1. The van der Waals surface area contributed by atoms with Gasteiger partial charge in [-0.25, -0.2) is 9.59 Å². The van der Waals surface area contributed by atoms with Crippen molar-refractivity contribution in [3.63, 3.8) is 0 Å². The van der Waals surface area contributed by atoms with Gasteiger partial charge < -0.3 is 14.6 Å². The molecule has 0 aliphatic rings. The number of carboxylic acids is 1. The number of hydrogen-bond donors (Lipinski definition) is 1. The van der Waals surface area contributed by atoms with Gasteiger partial charge in [0.25, 0.3) is 0 Å². The Morgan fingerprint density at radius 1 is 1.16 bits per heavy atom. The predicted molar refractivity (Wildman–Crippen MR) is 92.9 cm³/mol. The standard InChI is InChI=1S/C17H13F2IO5/c1-24-13-8-7-11(9-12(13)20)15(21)25-14(17(18,19)16(22)23)10-5-3-2-4-6-10/h2-9,14H,1H3,(H,22,23). The van der Waals surface area contributed by atoms with Crippen LogP contribution in [0.2, 0.25) is 0 Å². The Morgan fingerprint density at radius 2 is 1.80 bits per heavy atom. The molecule has 0 radical (unpaired) electrons. The average molecular weight is 462 g/mol. The summed E-state index contributed by atoms with van der Waals surface area (Å²) in [6.45, 7) is 0. The molecule has 0 aliphatic heterocycles. The van der Waals surface area contributed by atoms with E-state index in [4.69, 9.17) is 14.6 Å². The molecule has 0 amide bonds. The summed E-state index contributed by atoms with van der Waals surface area (Å²) >= 11 is 1.92. The topological polar surface area (TPSA) is 72.8 Å². The second-order valence-corrected chi connectivity index (χ2v) is 6.14. The number of halogens is 3.